The molecule has 4 rings (SSSR count). The van der Waals surface area contributed by atoms with Crippen LogP contribution >= 0.6 is 0 Å². The number of halogens is 1. The summed E-state index contributed by atoms with van der Waals surface area (Å²) in [5, 5.41) is 11.8. The van der Waals surface area contributed by atoms with Crippen molar-refractivity contribution < 1.29 is 13.9 Å². The Bertz CT molecular complexity index is 1310. The van der Waals surface area contributed by atoms with E-state index in [1.54, 1.807) is 31.0 Å². The van der Waals surface area contributed by atoms with Crippen LogP contribution in [-0.4, -0.2) is 23.6 Å². The molecule has 0 saturated heterocycles. The van der Waals surface area contributed by atoms with Crippen LogP contribution in [0.5, 0.6) is 5.75 Å². The number of carbonyl (C=O) groups is 1. The van der Waals surface area contributed by atoms with Crippen LogP contribution in [0, 0.1) is 21.9 Å². The number of rotatable bonds is 5. The second-order valence-electron chi connectivity index (χ2n) is 7.57. The maximum atomic E-state index is 13.6. The van der Waals surface area contributed by atoms with Crippen molar-refractivity contribution in [1.82, 2.24) is 9.29 Å². The van der Waals surface area contributed by atoms with Gasteiger partial charge in [-0.2, -0.15) is 5.26 Å². The van der Waals surface area contributed by atoms with E-state index >= 15 is 0 Å². The van der Waals surface area contributed by atoms with Gasteiger partial charge in [-0.3, -0.25) is 9.57 Å². The number of aryl methyl sites for hydroxylation is 1. The van der Waals surface area contributed by atoms with Gasteiger partial charge < -0.3 is 14.6 Å². The molecule has 3 aromatic rings. The number of methoxy groups -OCH3 is 1. The van der Waals surface area contributed by atoms with Gasteiger partial charge >= 0.3 is 0 Å². The molecule has 0 spiro atoms. The largest absolute Gasteiger partial charge is 0.497 e. The van der Waals surface area contributed by atoms with Gasteiger partial charge in [0.25, 0.3) is 5.91 Å². The van der Waals surface area contributed by atoms with E-state index in [0.29, 0.717) is 28.3 Å². The molecule has 2 aromatic carbocycles. The van der Waals surface area contributed by atoms with Gasteiger partial charge in [0.15, 0.2) is 0 Å². The number of hydrogen-bond donors (Lipinski definition) is 3. The van der Waals surface area contributed by atoms with Gasteiger partial charge in [0, 0.05) is 30.5 Å². The van der Waals surface area contributed by atoms with Crippen molar-refractivity contribution in [2.24, 2.45) is 7.05 Å². The van der Waals surface area contributed by atoms with Crippen LogP contribution in [0.1, 0.15) is 27.2 Å². The zero-order valence-corrected chi connectivity index (χ0v) is 18.9. The first-order valence-corrected chi connectivity index (χ1v) is 11.3. The van der Waals surface area contributed by atoms with Crippen LogP contribution in [0.25, 0.3) is 6.08 Å². The lowest BCUT2D eigenvalue weighted by Gasteiger charge is -2.14. The van der Waals surface area contributed by atoms with Crippen LogP contribution in [0.3, 0.4) is 0 Å². The minimum Gasteiger partial charge on any atom is -0.497 e. The number of anilines is 1. The molecule has 1 aliphatic heterocycles. The SMILES string of the molecule is COc1ccc(CC2C=Cc3c(cn(C)c3C(=O)Nc3ccc(F)c(C#N)c3)S(=N)N2)cc1. The molecule has 2 heterocycles. The molecule has 1 aliphatic rings. The molecule has 33 heavy (non-hydrogen) atoms. The second-order valence-corrected chi connectivity index (χ2v) is 8.86. The minimum atomic E-state index is -1.03. The quantitative estimate of drug-likeness (QED) is 0.528. The van der Waals surface area contributed by atoms with Gasteiger partial charge in [-0.1, -0.05) is 24.3 Å². The lowest BCUT2D eigenvalue weighted by Crippen LogP contribution is -2.29. The Hall–Kier alpha value is -3.74. The van der Waals surface area contributed by atoms with Gasteiger partial charge in [0.2, 0.25) is 0 Å². The van der Waals surface area contributed by atoms with E-state index in [2.05, 4.69) is 10.0 Å². The third-order valence-electron chi connectivity index (χ3n) is 5.34. The molecule has 9 heteroatoms. The summed E-state index contributed by atoms with van der Waals surface area (Å²) >= 11 is 0. The molecule has 1 aromatic heterocycles. The summed E-state index contributed by atoms with van der Waals surface area (Å²) in [5.41, 5.74) is 2.34. The number of benzene rings is 2. The summed E-state index contributed by atoms with van der Waals surface area (Å²) in [4.78, 5) is 13.8. The molecule has 0 aliphatic carbocycles. The minimum absolute atomic E-state index is 0.0804. The number of fused-ring (bicyclic) bond motifs is 1. The Morgan fingerprint density at radius 3 is 2.79 bits per heavy atom. The van der Waals surface area contributed by atoms with E-state index < -0.39 is 22.6 Å². The van der Waals surface area contributed by atoms with E-state index in [0.717, 1.165) is 17.4 Å². The molecule has 168 valence electrons. The normalized spacial score (nSPS) is 17.0. The van der Waals surface area contributed by atoms with Gasteiger partial charge in [0.1, 0.15) is 23.3 Å². The topological polar surface area (TPSA) is 103 Å². The van der Waals surface area contributed by atoms with Crippen molar-refractivity contribution in [3.05, 3.63) is 82.9 Å². The smallest absolute Gasteiger partial charge is 0.272 e. The average Bonchev–Trinajstić information content (AvgIpc) is 3.07. The summed E-state index contributed by atoms with van der Waals surface area (Å²) in [6.45, 7) is 0. The third kappa shape index (κ3) is 4.72. The summed E-state index contributed by atoms with van der Waals surface area (Å²) in [6, 6.07) is 13.3. The highest BCUT2D eigenvalue weighted by Crippen LogP contribution is 2.27. The monoisotopic (exact) mass is 463 g/mol. The highest BCUT2D eigenvalue weighted by molar-refractivity contribution is 7.84. The fourth-order valence-corrected chi connectivity index (χ4v) is 4.93. The molecular weight excluding hydrogens is 441 g/mol. The fraction of sp³-hybridized carbons (Fsp3) is 0.167. The molecule has 2 unspecified atom stereocenters. The predicted octanol–water partition coefficient (Wildman–Crippen LogP) is 4.18. The van der Waals surface area contributed by atoms with Crippen LogP contribution in [-0.2, 0) is 24.3 Å². The Morgan fingerprint density at radius 2 is 2.09 bits per heavy atom. The summed E-state index contributed by atoms with van der Waals surface area (Å²) < 4.78 is 32.4. The van der Waals surface area contributed by atoms with E-state index in [9.17, 15) is 9.18 Å². The fourth-order valence-electron chi connectivity index (χ4n) is 3.69. The number of nitrogens with one attached hydrogen (secondary N) is 3. The maximum Gasteiger partial charge on any atom is 0.272 e. The lowest BCUT2D eigenvalue weighted by molar-refractivity contribution is 0.101. The van der Waals surface area contributed by atoms with Gasteiger partial charge in [0.05, 0.1) is 17.6 Å². The summed E-state index contributed by atoms with van der Waals surface area (Å²) in [5.74, 6) is -0.252. The van der Waals surface area contributed by atoms with E-state index in [1.807, 2.05) is 36.4 Å². The lowest BCUT2D eigenvalue weighted by atomic mass is 10.0. The summed E-state index contributed by atoms with van der Waals surface area (Å²) in [6.07, 6.45) is 6.30. The molecule has 0 radical (unpaired) electrons. The molecule has 3 N–H and O–H groups in total. The number of nitriles is 1. The van der Waals surface area contributed by atoms with Gasteiger partial charge in [-0.05, 0) is 53.2 Å². The van der Waals surface area contributed by atoms with E-state index in [4.69, 9.17) is 14.8 Å². The maximum absolute atomic E-state index is 13.6. The molecule has 0 saturated carbocycles. The average molecular weight is 464 g/mol. The number of ether oxygens (including phenoxy) is 1. The molecule has 0 fully saturated rings. The summed E-state index contributed by atoms with van der Waals surface area (Å²) in [7, 11) is 2.34. The number of amides is 1. The first-order chi connectivity index (χ1) is 15.9. The number of aromatic nitrogens is 1. The van der Waals surface area contributed by atoms with E-state index in [1.165, 1.54) is 12.1 Å². The van der Waals surface area contributed by atoms with Crippen molar-refractivity contribution >= 4 is 28.5 Å². The Balaban J connectivity index is 1.58. The molecule has 1 amide bonds. The Morgan fingerprint density at radius 1 is 1.33 bits per heavy atom. The van der Waals surface area contributed by atoms with Gasteiger partial charge in [-0.15, -0.1) is 0 Å². The standard InChI is InChI=1S/C24H22FN5O2S/c1-30-14-22-20(23(30)24(31)28-17-6-10-21(25)16(12-17)13-26)9-5-18(29-33(22)27)11-15-3-7-19(32-2)8-4-15/h3-10,12,14,18H,11H2,1-2H3,(H2,27,29)(H,28,31). The van der Waals surface area contributed by atoms with Crippen molar-refractivity contribution in [2.75, 3.05) is 12.4 Å². The Labute approximate surface area is 193 Å². The van der Waals surface area contributed by atoms with Crippen LogP contribution in [0.4, 0.5) is 10.1 Å². The molecule has 7 nitrogen and oxygen atoms in total. The number of nitrogens with zero attached hydrogens (tertiary/aromatic N) is 2. The highest BCUT2D eigenvalue weighted by atomic mass is 32.2. The first-order valence-electron chi connectivity index (χ1n) is 10.1. The van der Waals surface area contributed by atoms with Crippen molar-refractivity contribution in [3.63, 3.8) is 0 Å². The zero-order valence-electron chi connectivity index (χ0n) is 18.1. The predicted molar refractivity (Wildman–Crippen MR) is 125 cm³/mol. The van der Waals surface area contributed by atoms with Gasteiger partial charge in [-0.25, -0.2) is 9.11 Å². The Kier molecular flexibility index (Phi) is 6.40. The molecular formula is C24H22FN5O2S. The number of carbonyl (C=O) groups excluding carboxylic acids is 1. The van der Waals surface area contributed by atoms with Crippen LogP contribution in [0.2, 0.25) is 0 Å². The number of hydrogen-bond acceptors (Lipinski definition) is 4. The highest BCUT2D eigenvalue weighted by Gasteiger charge is 2.24. The first kappa shape index (κ1) is 22.5. The second kappa shape index (κ2) is 9.40. The van der Waals surface area contributed by atoms with Crippen molar-refractivity contribution in [1.29, 1.82) is 10.0 Å². The molecule has 0 bridgehead atoms. The van der Waals surface area contributed by atoms with Crippen LogP contribution in [0.15, 0.2) is 59.6 Å². The zero-order chi connectivity index (χ0) is 23.5. The van der Waals surface area contributed by atoms with Crippen LogP contribution < -0.4 is 14.8 Å². The van der Waals surface area contributed by atoms with Crippen molar-refractivity contribution in [3.8, 4) is 11.8 Å². The van der Waals surface area contributed by atoms with Crippen molar-refractivity contribution in [2.45, 2.75) is 17.4 Å². The molecule has 2 atom stereocenters. The van der Waals surface area contributed by atoms with E-state index in [-0.39, 0.29) is 11.6 Å². The third-order valence-corrected chi connectivity index (χ3v) is 6.65.